The number of rotatable bonds is 7. The summed E-state index contributed by atoms with van der Waals surface area (Å²) < 4.78 is 6.63. The fraction of sp³-hybridized carbons (Fsp3) is 0.452. The van der Waals surface area contributed by atoms with Gasteiger partial charge < -0.3 is 35.2 Å². The Morgan fingerprint density at radius 3 is 2.76 bits per heavy atom. The summed E-state index contributed by atoms with van der Waals surface area (Å²) in [4.78, 5) is 56.4. The van der Waals surface area contributed by atoms with E-state index in [9.17, 15) is 24.3 Å². The maximum atomic E-state index is 13.7. The number of anilines is 2. The number of aromatic nitrogens is 1. The lowest BCUT2D eigenvalue weighted by molar-refractivity contribution is -0.148. The van der Waals surface area contributed by atoms with E-state index in [0.717, 1.165) is 29.3 Å². The van der Waals surface area contributed by atoms with Crippen molar-refractivity contribution in [1.82, 2.24) is 9.88 Å². The van der Waals surface area contributed by atoms with E-state index < -0.39 is 31.5 Å². The molecule has 0 radical (unpaired) electrons. The van der Waals surface area contributed by atoms with Crippen molar-refractivity contribution in [3.8, 4) is 0 Å². The van der Waals surface area contributed by atoms with Gasteiger partial charge in [0.1, 0.15) is 0 Å². The molecule has 11 heteroatoms. The Morgan fingerprint density at radius 2 is 2.00 bits per heavy atom. The summed E-state index contributed by atoms with van der Waals surface area (Å²) in [6, 6.07) is 12.9. The van der Waals surface area contributed by atoms with E-state index >= 15 is 0 Å². The first-order valence-corrected chi connectivity index (χ1v) is 17.7. The molecule has 3 amide bonds. The minimum atomic E-state index is -2.92. The van der Waals surface area contributed by atoms with Crippen molar-refractivity contribution in [2.45, 2.75) is 69.0 Å². The lowest BCUT2D eigenvalue weighted by atomic mass is 9.82. The number of hydrogen-bond acceptors (Lipinski definition) is 6. The van der Waals surface area contributed by atoms with E-state index in [1.807, 2.05) is 50.5 Å². The number of nitrogens with zero attached hydrogens (tertiary/aromatic N) is 1. The zero-order valence-electron chi connectivity index (χ0n) is 24.1. The average Bonchev–Trinajstić information content (AvgIpc) is 3.70. The molecule has 222 valence electrons. The molecule has 0 bridgehead atoms. The Bertz CT molecular complexity index is 1550. The van der Waals surface area contributed by atoms with E-state index in [1.165, 1.54) is 0 Å². The van der Waals surface area contributed by atoms with Gasteiger partial charge in [-0.2, -0.15) is 0 Å². The molecule has 6 rings (SSSR count). The number of aliphatic hydroxyl groups excluding tert-OH is 1. The molecule has 2 fully saturated rings. The van der Waals surface area contributed by atoms with Gasteiger partial charge in [-0.15, -0.1) is 0 Å². The number of carbonyl (C=O) groups is 3. The number of H-pyrrole nitrogens is 1. The van der Waals surface area contributed by atoms with Crippen LogP contribution in [0.1, 0.15) is 37.3 Å². The van der Waals surface area contributed by atoms with Crippen LogP contribution in [0.15, 0.2) is 48.7 Å². The van der Waals surface area contributed by atoms with Crippen LogP contribution in [0, 0.1) is 5.92 Å². The number of ether oxygens (including phenoxy) is 1. The van der Waals surface area contributed by atoms with Gasteiger partial charge in [0, 0.05) is 52.0 Å². The molecule has 0 unspecified atom stereocenters. The molecule has 0 saturated carbocycles. The van der Waals surface area contributed by atoms with E-state index in [0.29, 0.717) is 23.5 Å². The molecule has 3 aromatic rings. The summed E-state index contributed by atoms with van der Waals surface area (Å²) in [6.45, 7) is 6.02. The van der Waals surface area contributed by atoms with Gasteiger partial charge in [0.15, 0.2) is 13.9 Å². The van der Waals surface area contributed by atoms with E-state index in [2.05, 4.69) is 15.6 Å². The highest BCUT2D eigenvalue weighted by Crippen LogP contribution is 2.58. The summed E-state index contributed by atoms with van der Waals surface area (Å²) in [5.41, 5.74) is 1.76. The summed E-state index contributed by atoms with van der Waals surface area (Å²) in [5, 5.41) is 16.6. The van der Waals surface area contributed by atoms with Crippen molar-refractivity contribution < 1.29 is 29.0 Å². The quantitative estimate of drug-likeness (QED) is 0.267. The van der Waals surface area contributed by atoms with Crippen molar-refractivity contribution in [1.29, 1.82) is 0 Å². The Morgan fingerprint density at radius 1 is 1.21 bits per heavy atom. The fourth-order valence-corrected chi connectivity index (χ4v) is 10.0. The van der Waals surface area contributed by atoms with Crippen LogP contribution in [0.2, 0.25) is 18.6 Å². The summed E-state index contributed by atoms with van der Waals surface area (Å²) in [7, 11) is -2.92. The third-order valence-corrected chi connectivity index (χ3v) is 11.8. The molecule has 5 N–H and O–H groups in total. The summed E-state index contributed by atoms with van der Waals surface area (Å²) in [5.74, 6) is -1.09. The zero-order valence-corrected chi connectivity index (χ0v) is 25.1. The molecule has 4 heterocycles. The second-order valence-corrected chi connectivity index (χ2v) is 16.4. The largest absolute Gasteiger partial charge is 0.432 e. The normalized spacial score (nSPS) is 27.1. The average molecular weight is 591 g/mol. The highest BCUT2D eigenvalue weighted by atomic mass is 28.4. The molecule has 0 aliphatic carbocycles. The molecular weight excluding hydrogens is 552 g/mol. The van der Waals surface area contributed by atoms with Crippen LogP contribution < -0.4 is 10.6 Å². The molecule has 1 spiro atoms. The minimum Gasteiger partial charge on any atom is -0.432 e. The molecule has 10 nitrogen and oxygen atoms in total. The number of carbonyl (C=O) groups excluding carboxylic acids is 3. The van der Waals surface area contributed by atoms with Crippen molar-refractivity contribution in [3.63, 3.8) is 0 Å². The van der Waals surface area contributed by atoms with E-state index in [1.54, 1.807) is 23.1 Å². The molecule has 3 aliphatic heterocycles. The van der Waals surface area contributed by atoms with E-state index in [4.69, 9.17) is 4.74 Å². The van der Waals surface area contributed by atoms with Crippen LogP contribution in [0.25, 0.3) is 10.9 Å². The first kappa shape index (κ1) is 28.6. The number of nitrogens with one attached hydrogen (secondary N) is 3. The van der Waals surface area contributed by atoms with Gasteiger partial charge in [-0.1, -0.05) is 25.1 Å². The lowest BCUT2D eigenvalue weighted by Gasteiger charge is -2.32. The number of likely N-dealkylation sites (tertiary alicyclic amines) is 1. The predicted molar refractivity (Wildman–Crippen MR) is 161 cm³/mol. The number of amides is 3. The Hall–Kier alpha value is -3.51. The van der Waals surface area contributed by atoms with Gasteiger partial charge >= 0.3 is 0 Å². The number of aromatic amines is 1. The van der Waals surface area contributed by atoms with Gasteiger partial charge in [-0.3, -0.25) is 14.4 Å². The molecule has 2 saturated heterocycles. The third kappa shape index (κ3) is 4.74. The maximum absolute atomic E-state index is 13.7. The van der Waals surface area contributed by atoms with Gasteiger partial charge in [0.2, 0.25) is 11.8 Å². The predicted octanol–water partition coefficient (Wildman–Crippen LogP) is 3.47. The van der Waals surface area contributed by atoms with Gasteiger partial charge in [0.05, 0.1) is 31.6 Å². The van der Waals surface area contributed by atoms with Crippen molar-refractivity contribution in [2.24, 2.45) is 5.92 Å². The third-order valence-electron chi connectivity index (χ3n) is 9.33. The Labute approximate surface area is 245 Å². The SMILES string of the molecule is C[C@@H]1[C@@H]([Si](C)(C)O)[C@H](CC(=O)N2CCC[C@H]2CO)O[C@@]12C(=O)Nc1ccc(NC(=O)Cc3c[nH]c4ccccc34)cc12. The van der Waals surface area contributed by atoms with Crippen LogP contribution in [-0.2, 0) is 31.1 Å². The molecule has 5 atom stereocenters. The van der Waals surface area contributed by atoms with Crippen LogP contribution in [0.3, 0.4) is 0 Å². The smallest absolute Gasteiger partial charge is 0.261 e. The molecule has 42 heavy (non-hydrogen) atoms. The van der Waals surface area contributed by atoms with Crippen LogP contribution in [0.4, 0.5) is 11.4 Å². The molecule has 1 aromatic heterocycles. The van der Waals surface area contributed by atoms with Gasteiger partial charge in [-0.25, -0.2) is 0 Å². The number of para-hydroxylation sites is 1. The van der Waals surface area contributed by atoms with E-state index in [-0.39, 0.29) is 43.2 Å². The Balaban J connectivity index is 1.27. The summed E-state index contributed by atoms with van der Waals surface area (Å²) >= 11 is 0. The van der Waals surface area contributed by atoms with Crippen molar-refractivity contribution >= 4 is 48.3 Å². The standard InChI is InChI=1S/C31H38N4O6Si/c1-18-29(42(2,3)40)26(15-28(38)35-12-6-7-21(35)17-36)41-31(18)23-14-20(10-11-25(23)34-30(31)39)33-27(37)13-19-16-32-24-9-5-4-8-22(19)24/h4-5,8-11,14,16,18,21,26,29,32,36,40H,6-7,12-13,15,17H2,1-3H3,(H,33,37)(H,34,39)/t18-,21+,26+,29-,31+/m1/s1. The molecule has 2 aromatic carbocycles. The number of fused-ring (bicyclic) bond motifs is 3. The zero-order chi connectivity index (χ0) is 29.8. The maximum Gasteiger partial charge on any atom is 0.261 e. The molecule has 3 aliphatic rings. The molecular formula is C31H38N4O6Si. The fourth-order valence-electron chi connectivity index (χ4n) is 7.47. The second kappa shape index (κ2) is 10.6. The van der Waals surface area contributed by atoms with Crippen LogP contribution in [-0.4, -0.2) is 71.1 Å². The van der Waals surface area contributed by atoms with Crippen LogP contribution in [0.5, 0.6) is 0 Å². The highest BCUT2D eigenvalue weighted by molar-refractivity contribution is 6.71. The number of aliphatic hydroxyl groups is 1. The Kier molecular flexibility index (Phi) is 7.25. The first-order chi connectivity index (χ1) is 20.0. The second-order valence-electron chi connectivity index (χ2n) is 12.4. The number of hydrogen-bond donors (Lipinski definition) is 5. The van der Waals surface area contributed by atoms with Crippen molar-refractivity contribution in [2.75, 3.05) is 23.8 Å². The monoisotopic (exact) mass is 590 g/mol. The van der Waals surface area contributed by atoms with Crippen LogP contribution >= 0.6 is 0 Å². The minimum absolute atomic E-state index is 0.0217. The van der Waals surface area contributed by atoms with Crippen molar-refractivity contribution in [3.05, 3.63) is 59.8 Å². The number of benzene rings is 2. The lowest BCUT2D eigenvalue weighted by Crippen LogP contribution is -2.44. The summed E-state index contributed by atoms with van der Waals surface area (Å²) in [6.07, 6.45) is 2.95. The first-order valence-electron chi connectivity index (χ1n) is 14.6. The topological polar surface area (TPSA) is 144 Å². The van der Waals surface area contributed by atoms with Gasteiger partial charge in [-0.05, 0) is 55.8 Å². The van der Waals surface area contributed by atoms with Gasteiger partial charge in [0.25, 0.3) is 5.91 Å². The highest BCUT2D eigenvalue weighted by Gasteiger charge is 2.65.